The predicted octanol–water partition coefficient (Wildman–Crippen LogP) is 1.63. The number of hydrogen-bond acceptors (Lipinski definition) is 10. The lowest BCUT2D eigenvalue weighted by Crippen LogP contribution is -2.51. The summed E-state index contributed by atoms with van der Waals surface area (Å²) in [4.78, 5) is 26.7. The molecule has 0 bridgehead atoms. The maximum absolute atomic E-state index is 13.4. The van der Waals surface area contributed by atoms with Gasteiger partial charge in [-0.2, -0.15) is 0 Å². The van der Waals surface area contributed by atoms with Gasteiger partial charge >= 0.3 is 0 Å². The quantitative estimate of drug-likeness (QED) is 0.291. The summed E-state index contributed by atoms with van der Waals surface area (Å²) in [7, 11) is 0. The number of aliphatic hydroxyl groups is 2. The van der Waals surface area contributed by atoms with Gasteiger partial charge in [0.2, 0.25) is 5.78 Å². The smallest absolute Gasteiger partial charge is 0.202 e. The third-order valence-electron chi connectivity index (χ3n) is 7.17. The number of fused-ring (bicyclic) bond motifs is 3. The second kappa shape index (κ2) is 8.68. The van der Waals surface area contributed by atoms with Crippen molar-refractivity contribution in [3.05, 3.63) is 57.2 Å². The van der Waals surface area contributed by atoms with Crippen molar-refractivity contribution in [3.8, 4) is 17.2 Å². The topological polar surface area (TPSA) is 180 Å². The van der Waals surface area contributed by atoms with Crippen molar-refractivity contribution in [2.45, 2.75) is 63.4 Å². The Labute approximate surface area is 206 Å². The molecule has 1 saturated heterocycles. The molecule has 0 radical (unpaired) electrons. The average Bonchev–Trinajstić information content (AvgIpc) is 2.82. The molecule has 1 aliphatic heterocycles. The average molecular weight is 498 g/mol. The van der Waals surface area contributed by atoms with E-state index in [0.717, 1.165) is 0 Å². The number of phenolic OH excluding ortho intramolecular Hbond substituents is 3. The highest BCUT2D eigenvalue weighted by Crippen LogP contribution is 2.51. The van der Waals surface area contributed by atoms with Crippen LogP contribution in [0.25, 0.3) is 6.08 Å². The Morgan fingerprint density at radius 2 is 1.78 bits per heavy atom. The van der Waals surface area contributed by atoms with Crippen LogP contribution in [0.15, 0.2) is 23.8 Å². The summed E-state index contributed by atoms with van der Waals surface area (Å²) < 4.78 is 11.9. The van der Waals surface area contributed by atoms with E-state index in [0.29, 0.717) is 5.57 Å². The van der Waals surface area contributed by atoms with Gasteiger partial charge in [-0.1, -0.05) is 12.1 Å². The van der Waals surface area contributed by atoms with E-state index >= 15 is 0 Å². The molecule has 0 aromatic heterocycles. The molecule has 36 heavy (non-hydrogen) atoms. The molecule has 0 saturated carbocycles. The van der Waals surface area contributed by atoms with Crippen LogP contribution in [0.1, 0.15) is 75.8 Å². The number of ketones is 2. The van der Waals surface area contributed by atoms with Crippen molar-refractivity contribution in [3.63, 3.8) is 0 Å². The summed E-state index contributed by atoms with van der Waals surface area (Å²) in [5, 5.41) is 53.2. The summed E-state index contributed by atoms with van der Waals surface area (Å²) in [5.41, 5.74) is 5.39. The molecule has 2 aromatic rings. The van der Waals surface area contributed by atoms with Crippen LogP contribution in [-0.4, -0.2) is 67.7 Å². The fraction of sp³-hybridized carbons (Fsp3) is 0.385. The fourth-order valence-corrected chi connectivity index (χ4v) is 5.23. The fourth-order valence-electron chi connectivity index (χ4n) is 5.23. The van der Waals surface area contributed by atoms with Gasteiger partial charge in [-0.25, -0.2) is 0 Å². The molecule has 2 aromatic carbocycles. The summed E-state index contributed by atoms with van der Waals surface area (Å²) in [6, 6.07) is 3.39. The molecule has 10 heteroatoms. The van der Waals surface area contributed by atoms with Gasteiger partial charge in [0.05, 0.1) is 41.1 Å². The second-order valence-electron chi connectivity index (χ2n) is 9.52. The number of carbonyl (C=O) groups is 2. The molecule has 10 nitrogen and oxygen atoms in total. The molecule has 2 aliphatic carbocycles. The third kappa shape index (κ3) is 3.61. The molecule has 7 N–H and O–H groups in total. The molecule has 190 valence electrons. The van der Waals surface area contributed by atoms with E-state index in [2.05, 4.69) is 0 Å². The Morgan fingerprint density at radius 1 is 1.08 bits per heavy atom. The van der Waals surface area contributed by atoms with Gasteiger partial charge in [0.25, 0.3) is 0 Å². The highest BCUT2D eigenvalue weighted by molar-refractivity contribution is 6.31. The molecular formula is C26H27NO9. The van der Waals surface area contributed by atoms with Crippen molar-refractivity contribution in [1.82, 2.24) is 0 Å². The molecule has 6 atom stereocenters. The molecule has 1 heterocycles. The van der Waals surface area contributed by atoms with Crippen LogP contribution >= 0.6 is 0 Å². The predicted molar refractivity (Wildman–Crippen MR) is 126 cm³/mol. The van der Waals surface area contributed by atoms with Crippen molar-refractivity contribution in [2.75, 3.05) is 0 Å². The first-order valence-corrected chi connectivity index (χ1v) is 11.7. The second-order valence-corrected chi connectivity index (χ2v) is 9.52. The lowest BCUT2D eigenvalue weighted by Gasteiger charge is -2.39. The zero-order valence-electron chi connectivity index (χ0n) is 19.6. The molecule has 3 aliphatic rings. The lowest BCUT2D eigenvalue weighted by atomic mass is 9.77. The first-order valence-electron chi connectivity index (χ1n) is 11.7. The SMILES string of the molecule is CC(O)C1=Cc2c(O)c3c(c(O)c2[C@@H](OC2CC(N)C(O)C(C)O2)C1)C(=O)c1c(O)cccc1C3=O. The van der Waals surface area contributed by atoms with Crippen molar-refractivity contribution >= 4 is 17.6 Å². The summed E-state index contributed by atoms with van der Waals surface area (Å²) in [5.74, 6) is -3.07. The number of nitrogens with two attached hydrogens (primary N) is 1. The number of carbonyl (C=O) groups excluding carboxylic acids is 2. The lowest BCUT2D eigenvalue weighted by molar-refractivity contribution is -0.240. The van der Waals surface area contributed by atoms with Gasteiger partial charge in [-0.3, -0.25) is 9.59 Å². The normalized spacial score (nSPS) is 28.1. The summed E-state index contributed by atoms with van der Waals surface area (Å²) >= 11 is 0. The Morgan fingerprint density at radius 3 is 2.44 bits per heavy atom. The number of hydrogen-bond donors (Lipinski definition) is 6. The van der Waals surface area contributed by atoms with Crippen molar-refractivity contribution in [2.24, 2.45) is 5.73 Å². The molecule has 0 amide bonds. The van der Waals surface area contributed by atoms with Gasteiger partial charge < -0.3 is 40.7 Å². The van der Waals surface area contributed by atoms with E-state index in [1.165, 1.54) is 31.2 Å². The Kier molecular flexibility index (Phi) is 5.89. The number of benzene rings is 2. The minimum absolute atomic E-state index is 0.0383. The van der Waals surface area contributed by atoms with Crippen LogP contribution < -0.4 is 5.73 Å². The first-order chi connectivity index (χ1) is 17.0. The number of ether oxygens (including phenoxy) is 2. The van der Waals surface area contributed by atoms with Gasteiger partial charge in [0, 0.05) is 35.6 Å². The molecule has 1 fully saturated rings. The third-order valence-corrected chi connectivity index (χ3v) is 7.17. The largest absolute Gasteiger partial charge is 0.507 e. The number of aromatic hydroxyl groups is 3. The maximum Gasteiger partial charge on any atom is 0.202 e. The maximum atomic E-state index is 13.4. The monoisotopic (exact) mass is 497 g/mol. The minimum atomic E-state index is -0.987. The van der Waals surface area contributed by atoms with E-state index in [4.69, 9.17) is 15.2 Å². The van der Waals surface area contributed by atoms with Gasteiger partial charge in [-0.05, 0) is 31.6 Å². The number of rotatable bonds is 3. The van der Waals surface area contributed by atoms with E-state index in [-0.39, 0.29) is 40.7 Å². The highest BCUT2D eigenvalue weighted by Gasteiger charge is 2.43. The Bertz CT molecular complexity index is 1300. The zero-order chi connectivity index (χ0) is 26.0. The van der Waals surface area contributed by atoms with E-state index < -0.39 is 71.1 Å². The van der Waals surface area contributed by atoms with Gasteiger partial charge in [-0.15, -0.1) is 0 Å². The number of aliphatic hydroxyl groups excluding tert-OH is 2. The van der Waals surface area contributed by atoms with Crippen molar-refractivity contribution in [1.29, 1.82) is 0 Å². The summed E-state index contributed by atoms with van der Waals surface area (Å²) in [6.07, 6.45) is -2.64. The van der Waals surface area contributed by atoms with E-state index in [1.807, 2.05) is 0 Å². The molecule has 5 rings (SSSR count). The molecular weight excluding hydrogens is 470 g/mol. The van der Waals surface area contributed by atoms with Crippen LogP contribution in [-0.2, 0) is 9.47 Å². The standard InChI is InChI=1S/C26H27NO9/c1-9(28)11-6-13-19(16(7-11)36-17-8-14(27)22(30)10(2)35-17)26(34)21-20(24(13)32)23(31)12-4-3-5-15(29)18(12)25(21)33/h3-6,9-10,14,16-17,22,28-30,32,34H,7-8,27H2,1-2H3/t9?,10?,14?,16-,17?,22?/m0/s1. The van der Waals surface area contributed by atoms with Crippen LogP contribution in [0.4, 0.5) is 0 Å². The Balaban J connectivity index is 1.67. The van der Waals surface area contributed by atoms with Crippen molar-refractivity contribution < 1.29 is 44.6 Å². The van der Waals surface area contributed by atoms with Gasteiger partial charge in [0.1, 0.15) is 17.2 Å². The Hall–Kier alpha value is -3.28. The first kappa shape index (κ1) is 24.4. The minimum Gasteiger partial charge on any atom is -0.507 e. The van der Waals surface area contributed by atoms with E-state index in [9.17, 15) is 35.1 Å². The van der Waals surface area contributed by atoms with E-state index in [1.54, 1.807) is 6.92 Å². The van der Waals surface area contributed by atoms with Crippen LogP contribution in [0.5, 0.6) is 17.2 Å². The zero-order valence-corrected chi connectivity index (χ0v) is 19.6. The molecule has 0 spiro atoms. The molecule has 5 unspecified atom stereocenters. The van der Waals surface area contributed by atoms with Crippen LogP contribution in [0.2, 0.25) is 0 Å². The number of phenols is 3. The van der Waals surface area contributed by atoms with Gasteiger partial charge in [0.15, 0.2) is 12.1 Å². The highest BCUT2D eigenvalue weighted by atomic mass is 16.7. The van der Waals surface area contributed by atoms with Crippen LogP contribution in [0, 0.1) is 0 Å². The van der Waals surface area contributed by atoms with Crippen LogP contribution in [0.3, 0.4) is 0 Å². The summed E-state index contributed by atoms with van der Waals surface area (Å²) in [6.45, 7) is 3.17.